The Labute approximate surface area is 180 Å². The summed E-state index contributed by atoms with van der Waals surface area (Å²) in [5, 5.41) is 11.2. The van der Waals surface area contributed by atoms with E-state index >= 15 is 0 Å². The highest BCUT2D eigenvalue weighted by Gasteiger charge is 2.23. The fraction of sp³-hybridized carbons (Fsp3) is 0.565. The van der Waals surface area contributed by atoms with Crippen LogP contribution < -0.4 is 15.4 Å². The molecule has 1 fully saturated rings. The number of aryl methyl sites for hydroxylation is 2. The molecule has 0 aliphatic carbocycles. The van der Waals surface area contributed by atoms with E-state index in [1.807, 2.05) is 16.9 Å². The number of nitrogens with one attached hydrogen (secondary N) is 2. The molecular weight excluding hydrogens is 376 g/mol. The van der Waals surface area contributed by atoms with Gasteiger partial charge >= 0.3 is 0 Å². The number of ether oxygens (including phenoxy) is 1. The molecule has 0 radical (unpaired) electrons. The zero-order chi connectivity index (χ0) is 21.2. The van der Waals surface area contributed by atoms with Crippen LogP contribution in [0, 0.1) is 6.92 Å². The molecule has 2 N–H and O–H groups in total. The summed E-state index contributed by atoms with van der Waals surface area (Å²) in [6.07, 6.45) is 7.49. The van der Waals surface area contributed by atoms with Gasteiger partial charge in [0.2, 0.25) is 0 Å². The molecule has 1 atom stereocenters. The summed E-state index contributed by atoms with van der Waals surface area (Å²) < 4.78 is 7.44. The molecule has 1 aromatic carbocycles. The molecule has 1 saturated heterocycles. The van der Waals surface area contributed by atoms with Gasteiger partial charge in [0, 0.05) is 25.8 Å². The first-order valence-corrected chi connectivity index (χ1v) is 11.1. The van der Waals surface area contributed by atoms with Crippen LogP contribution >= 0.6 is 0 Å². The van der Waals surface area contributed by atoms with Crippen molar-refractivity contribution in [3.63, 3.8) is 0 Å². The Kier molecular flexibility index (Phi) is 8.56. The van der Waals surface area contributed by atoms with E-state index in [0.29, 0.717) is 0 Å². The lowest BCUT2D eigenvalue weighted by Crippen LogP contribution is -2.39. The predicted octanol–water partition coefficient (Wildman–Crippen LogP) is 2.98. The Morgan fingerprint density at radius 1 is 1.27 bits per heavy atom. The standard InChI is InChI=1S/C23H36N6O/c1-4-24-23(25-11-8-14-29-18-19(2)16-27-29)26-17-22(28-12-5-6-13-28)20-9-7-10-21(15-20)30-3/h7,9-10,15-16,18,22H,4-6,8,11-14,17H2,1-3H3,(H2,24,25,26). The third-order valence-corrected chi connectivity index (χ3v) is 5.45. The fourth-order valence-electron chi connectivity index (χ4n) is 3.89. The van der Waals surface area contributed by atoms with Crippen LogP contribution in [0.5, 0.6) is 5.75 Å². The molecule has 0 amide bonds. The number of methoxy groups -OCH3 is 1. The highest BCUT2D eigenvalue weighted by atomic mass is 16.5. The Hall–Kier alpha value is -2.54. The van der Waals surface area contributed by atoms with Gasteiger partial charge in [0.25, 0.3) is 0 Å². The SMILES string of the molecule is CCNC(=NCC(c1cccc(OC)c1)N1CCCC1)NCCCn1cc(C)cn1. The lowest BCUT2D eigenvalue weighted by atomic mass is 10.1. The lowest BCUT2D eigenvalue weighted by molar-refractivity contribution is 0.251. The normalized spacial score (nSPS) is 15.9. The predicted molar refractivity (Wildman–Crippen MR) is 122 cm³/mol. The van der Waals surface area contributed by atoms with Gasteiger partial charge in [0.05, 0.1) is 25.9 Å². The van der Waals surface area contributed by atoms with Crippen LogP contribution in [-0.2, 0) is 6.54 Å². The number of likely N-dealkylation sites (tertiary alicyclic amines) is 1. The molecule has 1 aromatic heterocycles. The van der Waals surface area contributed by atoms with Gasteiger partial charge in [-0.25, -0.2) is 0 Å². The molecule has 2 aromatic rings. The van der Waals surface area contributed by atoms with Gasteiger partial charge in [-0.15, -0.1) is 0 Å². The largest absolute Gasteiger partial charge is 0.497 e. The maximum Gasteiger partial charge on any atom is 0.191 e. The van der Waals surface area contributed by atoms with E-state index in [2.05, 4.69) is 58.9 Å². The number of aromatic nitrogens is 2. The zero-order valence-electron chi connectivity index (χ0n) is 18.6. The van der Waals surface area contributed by atoms with E-state index in [-0.39, 0.29) is 6.04 Å². The molecule has 0 spiro atoms. The maximum atomic E-state index is 5.45. The number of rotatable bonds is 10. The molecule has 3 rings (SSSR count). The highest BCUT2D eigenvalue weighted by Crippen LogP contribution is 2.27. The molecule has 7 nitrogen and oxygen atoms in total. The van der Waals surface area contributed by atoms with E-state index in [1.165, 1.54) is 24.0 Å². The second-order valence-electron chi connectivity index (χ2n) is 7.82. The van der Waals surface area contributed by atoms with Crippen LogP contribution in [0.4, 0.5) is 0 Å². The van der Waals surface area contributed by atoms with Crippen molar-refractivity contribution in [2.45, 2.75) is 45.7 Å². The second-order valence-corrected chi connectivity index (χ2v) is 7.82. The van der Waals surface area contributed by atoms with Crippen molar-refractivity contribution in [1.82, 2.24) is 25.3 Å². The molecule has 0 saturated carbocycles. The van der Waals surface area contributed by atoms with Crippen molar-refractivity contribution in [2.75, 3.05) is 39.8 Å². The fourth-order valence-corrected chi connectivity index (χ4v) is 3.89. The summed E-state index contributed by atoms with van der Waals surface area (Å²) in [5.74, 6) is 1.78. The van der Waals surface area contributed by atoms with Crippen molar-refractivity contribution in [2.24, 2.45) is 4.99 Å². The first-order valence-electron chi connectivity index (χ1n) is 11.1. The first-order chi connectivity index (χ1) is 14.7. The third kappa shape index (κ3) is 6.49. The number of nitrogens with zero attached hydrogens (tertiary/aromatic N) is 4. The Morgan fingerprint density at radius 2 is 2.10 bits per heavy atom. The van der Waals surface area contributed by atoms with Crippen molar-refractivity contribution in [3.05, 3.63) is 47.8 Å². The number of guanidine groups is 1. The minimum Gasteiger partial charge on any atom is -0.497 e. The van der Waals surface area contributed by atoms with Gasteiger partial charge in [-0.1, -0.05) is 12.1 Å². The Balaban J connectivity index is 1.61. The number of hydrogen-bond acceptors (Lipinski definition) is 4. The van der Waals surface area contributed by atoms with Crippen molar-refractivity contribution in [3.8, 4) is 5.75 Å². The van der Waals surface area contributed by atoms with Gasteiger partial charge in [-0.3, -0.25) is 14.6 Å². The van der Waals surface area contributed by atoms with Crippen LogP contribution in [0.2, 0.25) is 0 Å². The minimum atomic E-state index is 0.269. The number of hydrogen-bond donors (Lipinski definition) is 2. The molecule has 1 aliphatic heterocycles. The quantitative estimate of drug-likeness (QED) is 0.357. The monoisotopic (exact) mass is 412 g/mol. The Morgan fingerprint density at radius 3 is 2.80 bits per heavy atom. The van der Waals surface area contributed by atoms with E-state index in [1.54, 1.807) is 7.11 Å². The number of benzene rings is 1. The topological polar surface area (TPSA) is 66.7 Å². The van der Waals surface area contributed by atoms with Crippen LogP contribution in [0.25, 0.3) is 0 Å². The van der Waals surface area contributed by atoms with E-state index < -0.39 is 0 Å². The molecule has 1 unspecified atom stereocenters. The molecule has 0 bridgehead atoms. The summed E-state index contributed by atoms with van der Waals surface area (Å²) >= 11 is 0. The van der Waals surface area contributed by atoms with Gasteiger partial charge < -0.3 is 15.4 Å². The van der Waals surface area contributed by atoms with Crippen molar-refractivity contribution >= 4 is 5.96 Å². The zero-order valence-corrected chi connectivity index (χ0v) is 18.6. The molecule has 30 heavy (non-hydrogen) atoms. The summed E-state index contributed by atoms with van der Waals surface area (Å²) in [7, 11) is 1.72. The van der Waals surface area contributed by atoms with Crippen LogP contribution in [0.1, 0.15) is 43.4 Å². The van der Waals surface area contributed by atoms with E-state index in [4.69, 9.17) is 9.73 Å². The molecule has 2 heterocycles. The van der Waals surface area contributed by atoms with Crippen LogP contribution in [0.3, 0.4) is 0 Å². The first kappa shape index (κ1) is 22.2. The lowest BCUT2D eigenvalue weighted by Gasteiger charge is -2.27. The maximum absolute atomic E-state index is 5.45. The van der Waals surface area contributed by atoms with Crippen LogP contribution in [0.15, 0.2) is 41.7 Å². The summed E-state index contributed by atoms with van der Waals surface area (Å²) in [5.41, 5.74) is 2.47. The number of aliphatic imine (C=N–C) groups is 1. The van der Waals surface area contributed by atoms with Gasteiger partial charge in [-0.05, 0) is 69.5 Å². The molecule has 7 heteroatoms. The van der Waals surface area contributed by atoms with E-state index in [9.17, 15) is 0 Å². The molecule has 1 aliphatic rings. The van der Waals surface area contributed by atoms with Gasteiger partial charge in [-0.2, -0.15) is 5.10 Å². The average Bonchev–Trinajstić information content (AvgIpc) is 3.43. The minimum absolute atomic E-state index is 0.269. The summed E-state index contributed by atoms with van der Waals surface area (Å²) in [6, 6.07) is 8.67. The molecule has 164 valence electrons. The summed E-state index contributed by atoms with van der Waals surface area (Å²) in [4.78, 5) is 7.47. The van der Waals surface area contributed by atoms with Gasteiger partial charge in [0.15, 0.2) is 5.96 Å². The second kappa shape index (κ2) is 11.6. The van der Waals surface area contributed by atoms with Gasteiger partial charge in [0.1, 0.15) is 5.75 Å². The molecular formula is C23H36N6O. The van der Waals surface area contributed by atoms with Crippen molar-refractivity contribution < 1.29 is 4.74 Å². The smallest absolute Gasteiger partial charge is 0.191 e. The summed E-state index contributed by atoms with van der Waals surface area (Å²) in [6.45, 7) is 9.76. The van der Waals surface area contributed by atoms with Crippen molar-refractivity contribution in [1.29, 1.82) is 0 Å². The highest BCUT2D eigenvalue weighted by molar-refractivity contribution is 5.79. The van der Waals surface area contributed by atoms with E-state index in [0.717, 1.165) is 57.4 Å². The average molecular weight is 413 g/mol. The Bertz CT molecular complexity index is 796. The third-order valence-electron chi connectivity index (χ3n) is 5.45. The van der Waals surface area contributed by atoms with Crippen LogP contribution in [-0.4, -0.2) is 60.5 Å².